The average molecular weight is 473 g/mol. The van der Waals surface area contributed by atoms with Crippen molar-refractivity contribution in [3.8, 4) is 34.1 Å². The van der Waals surface area contributed by atoms with Gasteiger partial charge in [-0.3, -0.25) is 0 Å². The van der Waals surface area contributed by atoms with E-state index in [2.05, 4.69) is 15.4 Å². The minimum Gasteiger partial charge on any atom is -0.504 e. The highest BCUT2D eigenvalue weighted by Crippen LogP contribution is 2.34. The molecule has 0 aliphatic heterocycles. The first-order chi connectivity index (χ1) is 16.2. The topological polar surface area (TPSA) is 104 Å². The molecule has 0 unspecified atom stereocenters. The molecular formula is C22H18F3N5O4. The Morgan fingerprint density at radius 1 is 1.12 bits per heavy atom. The van der Waals surface area contributed by atoms with Gasteiger partial charge in [-0.15, -0.1) is 5.10 Å². The fourth-order valence-corrected chi connectivity index (χ4v) is 3.28. The Morgan fingerprint density at radius 2 is 1.82 bits per heavy atom. The number of carbonyl (C=O) groups is 1. The summed E-state index contributed by atoms with van der Waals surface area (Å²) in [5.41, 5.74) is -0.142. The monoisotopic (exact) mass is 473 g/mol. The van der Waals surface area contributed by atoms with Crippen LogP contribution in [0.3, 0.4) is 0 Å². The van der Waals surface area contributed by atoms with Crippen LogP contribution in [-0.2, 0) is 10.9 Å². The van der Waals surface area contributed by atoms with Crippen LogP contribution < -0.4 is 4.74 Å². The van der Waals surface area contributed by atoms with E-state index in [1.807, 2.05) is 0 Å². The third kappa shape index (κ3) is 4.29. The molecule has 0 spiro atoms. The van der Waals surface area contributed by atoms with Gasteiger partial charge in [-0.25, -0.2) is 14.2 Å². The van der Waals surface area contributed by atoms with Crippen molar-refractivity contribution in [3.05, 3.63) is 66.1 Å². The van der Waals surface area contributed by atoms with E-state index >= 15 is 0 Å². The molecule has 4 rings (SSSR count). The van der Waals surface area contributed by atoms with Crippen LogP contribution in [-0.4, -0.2) is 49.6 Å². The molecule has 0 aliphatic rings. The number of carbonyl (C=O) groups excluding carboxylic acids is 1. The van der Waals surface area contributed by atoms with Crippen molar-refractivity contribution in [3.63, 3.8) is 0 Å². The Kier molecular flexibility index (Phi) is 5.97. The third-order valence-electron chi connectivity index (χ3n) is 4.86. The maximum atomic E-state index is 13.7. The lowest BCUT2D eigenvalue weighted by molar-refractivity contribution is -0.143. The number of benzene rings is 2. The van der Waals surface area contributed by atoms with Crippen molar-refractivity contribution in [1.29, 1.82) is 0 Å². The second-order valence-electron chi connectivity index (χ2n) is 6.99. The molecule has 1 N–H and O–H groups in total. The Labute approximate surface area is 191 Å². The van der Waals surface area contributed by atoms with Crippen LogP contribution in [0.5, 0.6) is 11.5 Å². The fourth-order valence-electron chi connectivity index (χ4n) is 3.28. The first kappa shape index (κ1) is 22.8. The summed E-state index contributed by atoms with van der Waals surface area (Å²) in [6.45, 7) is 1.44. The van der Waals surface area contributed by atoms with Crippen LogP contribution in [0.1, 0.15) is 23.0 Å². The normalized spacial score (nSPS) is 11.4. The van der Waals surface area contributed by atoms with Crippen LogP contribution >= 0.6 is 0 Å². The molecule has 0 fully saturated rings. The van der Waals surface area contributed by atoms with E-state index in [1.165, 1.54) is 36.9 Å². The van der Waals surface area contributed by atoms with Gasteiger partial charge in [-0.05, 0) is 31.2 Å². The molecular weight excluding hydrogens is 455 g/mol. The second-order valence-corrected chi connectivity index (χ2v) is 6.99. The number of phenols is 1. The predicted molar refractivity (Wildman–Crippen MR) is 113 cm³/mol. The minimum absolute atomic E-state index is 0.0230. The van der Waals surface area contributed by atoms with E-state index in [9.17, 15) is 23.1 Å². The number of methoxy groups -OCH3 is 1. The lowest BCUT2D eigenvalue weighted by Crippen LogP contribution is -2.18. The maximum Gasteiger partial charge on any atom is 0.434 e. The first-order valence-corrected chi connectivity index (χ1v) is 9.95. The van der Waals surface area contributed by atoms with E-state index in [4.69, 9.17) is 9.47 Å². The van der Waals surface area contributed by atoms with Crippen LogP contribution in [0.25, 0.3) is 22.6 Å². The van der Waals surface area contributed by atoms with Gasteiger partial charge in [0.25, 0.3) is 0 Å². The number of aromatic nitrogens is 5. The van der Waals surface area contributed by atoms with E-state index < -0.39 is 23.4 Å². The van der Waals surface area contributed by atoms with Gasteiger partial charge < -0.3 is 14.6 Å². The number of hydrogen-bond acceptors (Lipinski definition) is 7. The highest BCUT2D eigenvalue weighted by Gasteiger charge is 2.41. The van der Waals surface area contributed by atoms with Crippen molar-refractivity contribution in [1.82, 2.24) is 24.8 Å². The van der Waals surface area contributed by atoms with Gasteiger partial charge in [0, 0.05) is 11.6 Å². The number of ether oxygens (including phenoxy) is 2. The summed E-state index contributed by atoms with van der Waals surface area (Å²) in [7, 11) is 1.42. The summed E-state index contributed by atoms with van der Waals surface area (Å²) in [6.07, 6.45) is -2.37. The fraction of sp³-hybridized carbons (Fsp3) is 0.182. The standard InChI is InChI=1S/C22H18F3N5O4/c1-3-34-21(32)16-11-26-30(20(16)22(23,24)25)14-6-4-13(5-7-14)17-12-29(28-27-17)15-8-9-18(31)19(10-15)33-2/h4-12,31H,3H2,1-2H3. The smallest absolute Gasteiger partial charge is 0.434 e. The van der Waals surface area contributed by atoms with Crippen molar-refractivity contribution in [2.75, 3.05) is 13.7 Å². The molecule has 0 radical (unpaired) electrons. The highest BCUT2D eigenvalue weighted by atomic mass is 19.4. The van der Waals surface area contributed by atoms with Gasteiger partial charge in [0.15, 0.2) is 17.2 Å². The number of alkyl halides is 3. The quantitative estimate of drug-likeness (QED) is 0.422. The number of esters is 1. The van der Waals surface area contributed by atoms with Crippen LogP contribution in [0.4, 0.5) is 13.2 Å². The predicted octanol–water partition coefficient (Wildman–Crippen LogP) is 4.03. The Morgan fingerprint density at radius 3 is 2.47 bits per heavy atom. The second kappa shape index (κ2) is 8.89. The molecule has 0 saturated heterocycles. The first-order valence-electron chi connectivity index (χ1n) is 9.95. The Balaban J connectivity index is 1.65. The summed E-state index contributed by atoms with van der Waals surface area (Å²) < 4.78 is 53.0. The van der Waals surface area contributed by atoms with Gasteiger partial charge in [0.05, 0.1) is 37.5 Å². The molecule has 0 saturated carbocycles. The van der Waals surface area contributed by atoms with E-state index in [0.29, 0.717) is 21.6 Å². The minimum atomic E-state index is -4.83. The molecule has 34 heavy (non-hydrogen) atoms. The molecule has 0 amide bonds. The summed E-state index contributed by atoms with van der Waals surface area (Å²) in [5.74, 6) is -0.855. The van der Waals surface area contributed by atoms with E-state index in [0.717, 1.165) is 6.20 Å². The van der Waals surface area contributed by atoms with Crippen LogP contribution in [0.2, 0.25) is 0 Å². The number of hydrogen-bond donors (Lipinski definition) is 1. The lowest BCUT2D eigenvalue weighted by atomic mass is 10.1. The average Bonchev–Trinajstić information content (AvgIpc) is 3.48. The molecule has 2 aromatic carbocycles. The third-order valence-corrected chi connectivity index (χ3v) is 4.86. The molecule has 2 aromatic heterocycles. The molecule has 176 valence electrons. The molecule has 0 aliphatic carbocycles. The molecule has 9 nitrogen and oxygen atoms in total. The largest absolute Gasteiger partial charge is 0.504 e. The zero-order valence-electron chi connectivity index (χ0n) is 17.9. The van der Waals surface area contributed by atoms with Gasteiger partial charge in [0.1, 0.15) is 11.3 Å². The Bertz CT molecular complexity index is 1330. The van der Waals surface area contributed by atoms with Gasteiger partial charge in [-0.1, -0.05) is 17.3 Å². The van der Waals surface area contributed by atoms with Gasteiger partial charge in [-0.2, -0.15) is 18.3 Å². The van der Waals surface area contributed by atoms with Crippen LogP contribution in [0, 0.1) is 0 Å². The van der Waals surface area contributed by atoms with Gasteiger partial charge >= 0.3 is 12.1 Å². The van der Waals surface area contributed by atoms with Crippen molar-refractivity contribution in [2.45, 2.75) is 13.1 Å². The van der Waals surface area contributed by atoms with E-state index in [1.54, 1.807) is 30.5 Å². The number of rotatable bonds is 6. The molecule has 0 atom stereocenters. The van der Waals surface area contributed by atoms with Crippen molar-refractivity contribution in [2.24, 2.45) is 0 Å². The summed E-state index contributed by atoms with van der Waals surface area (Å²) in [5, 5.41) is 21.6. The van der Waals surface area contributed by atoms with Gasteiger partial charge in [0.2, 0.25) is 0 Å². The summed E-state index contributed by atoms with van der Waals surface area (Å²) in [6, 6.07) is 10.6. The highest BCUT2D eigenvalue weighted by molar-refractivity contribution is 5.90. The van der Waals surface area contributed by atoms with Crippen molar-refractivity contribution < 1.29 is 32.5 Å². The molecule has 2 heterocycles. The van der Waals surface area contributed by atoms with Crippen molar-refractivity contribution >= 4 is 5.97 Å². The Hall–Kier alpha value is -4.35. The molecule has 12 heteroatoms. The summed E-state index contributed by atoms with van der Waals surface area (Å²) in [4.78, 5) is 12.0. The maximum absolute atomic E-state index is 13.7. The zero-order valence-corrected chi connectivity index (χ0v) is 17.9. The lowest BCUT2D eigenvalue weighted by Gasteiger charge is -2.12. The molecule has 4 aromatic rings. The SMILES string of the molecule is CCOC(=O)c1cnn(-c2ccc(-c3cn(-c4ccc(O)c(OC)c4)nn3)cc2)c1C(F)(F)F. The number of nitrogens with zero attached hydrogens (tertiary/aromatic N) is 5. The number of halogens is 3. The number of phenolic OH excluding ortho intramolecular Hbond substituents is 1. The van der Waals surface area contributed by atoms with E-state index in [-0.39, 0.29) is 23.8 Å². The van der Waals surface area contributed by atoms with Crippen LogP contribution in [0.15, 0.2) is 54.9 Å². The molecule has 0 bridgehead atoms. The summed E-state index contributed by atoms with van der Waals surface area (Å²) >= 11 is 0. The number of aromatic hydroxyl groups is 1. The zero-order chi connectivity index (χ0) is 24.5.